The van der Waals surface area contributed by atoms with E-state index in [-0.39, 0.29) is 17.5 Å². The normalized spacial score (nSPS) is 16.1. The van der Waals surface area contributed by atoms with Crippen molar-refractivity contribution in [2.24, 2.45) is 0 Å². The highest BCUT2D eigenvalue weighted by molar-refractivity contribution is 6.30. The first kappa shape index (κ1) is 15.4. The lowest BCUT2D eigenvalue weighted by Gasteiger charge is -2.22. The van der Waals surface area contributed by atoms with Crippen molar-refractivity contribution >= 4 is 23.2 Å². The van der Waals surface area contributed by atoms with Crippen molar-refractivity contribution in [1.29, 1.82) is 5.26 Å². The summed E-state index contributed by atoms with van der Waals surface area (Å²) in [5.41, 5.74) is 0.807. The van der Waals surface area contributed by atoms with Crippen LogP contribution in [0.15, 0.2) is 36.0 Å². The lowest BCUT2D eigenvalue weighted by atomic mass is 9.95. The summed E-state index contributed by atoms with van der Waals surface area (Å²) in [7, 11) is 0. The zero-order valence-electron chi connectivity index (χ0n) is 11.7. The van der Waals surface area contributed by atoms with Crippen LogP contribution in [0.4, 0.5) is 5.69 Å². The molecule has 1 saturated carbocycles. The number of rotatable bonds is 4. The predicted molar refractivity (Wildman–Crippen MR) is 83.8 cm³/mol. The number of hydrogen-bond acceptors (Lipinski definition) is 3. The van der Waals surface area contributed by atoms with Gasteiger partial charge >= 0.3 is 0 Å². The van der Waals surface area contributed by atoms with Gasteiger partial charge in [-0.15, -0.1) is 0 Å². The standard InChI is InChI=1S/C16H18ClN3O/c17-13-5-4-8-15(9-13)19-11-12(10-18)16(21)20-14-6-2-1-3-7-14/h4-5,8-9,11,14,19H,1-3,6-7H2,(H,20,21)/b12-11-. The molecule has 1 fully saturated rings. The van der Waals surface area contributed by atoms with Crippen molar-refractivity contribution in [3.63, 3.8) is 0 Å². The SMILES string of the molecule is N#C/C(=C/Nc1cccc(Cl)c1)C(=O)NC1CCCCC1. The Labute approximate surface area is 129 Å². The van der Waals surface area contributed by atoms with Gasteiger partial charge in [0.25, 0.3) is 5.91 Å². The van der Waals surface area contributed by atoms with E-state index in [9.17, 15) is 4.79 Å². The maximum Gasteiger partial charge on any atom is 0.263 e. The Hall–Kier alpha value is -1.99. The molecular weight excluding hydrogens is 286 g/mol. The van der Waals surface area contributed by atoms with Crippen LogP contribution in [0, 0.1) is 11.3 Å². The average molecular weight is 304 g/mol. The number of nitrogens with one attached hydrogen (secondary N) is 2. The van der Waals surface area contributed by atoms with Gasteiger partial charge in [-0.25, -0.2) is 0 Å². The maximum atomic E-state index is 12.1. The molecule has 0 spiro atoms. The molecule has 2 rings (SSSR count). The Morgan fingerprint density at radius 2 is 2.10 bits per heavy atom. The minimum absolute atomic E-state index is 0.0700. The summed E-state index contributed by atoms with van der Waals surface area (Å²) in [5, 5.41) is 15.6. The van der Waals surface area contributed by atoms with Crippen LogP contribution in [-0.2, 0) is 4.79 Å². The molecule has 21 heavy (non-hydrogen) atoms. The van der Waals surface area contributed by atoms with Gasteiger partial charge in [0.1, 0.15) is 11.6 Å². The number of carbonyl (C=O) groups is 1. The van der Waals surface area contributed by atoms with Crippen molar-refractivity contribution < 1.29 is 4.79 Å². The number of halogens is 1. The fourth-order valence-electron chi connectivity index (χ4n) is 2.39. The third kappa shape index (κ3) is 4.80. The molecule has 0 radical (unpaired) electrons. The summed E-state index contributed by atoms with van der Waals surface area (Å²) in [4.78, 5) is 12.1. The number of hydrogen-bond donors (Lipinski definition) is 2. The van der Waals surface area contributed by atoms with Gasteiger partial charge in [0.05, 0.1) is 0 Å². The van der Waals surface area contributed by atoms with Crippen molar-refractivity contribution in [1.82, 2.24) is 5.32 Å². The van der Waals surface area contributed by atoms with Crippen LogP contribution in [0.25, 0.3) is 0 Å². The van der Waals surface area contributed by atoms with Crippen molar-refractivity contribution in [3.05, 3.63) is 41.1 Å². The quantitative estimate of drug-likeness (QED) is 0.659. The summed E-state index contributed by atoms with van der Waals surface area (Å²) in [6.07, 6.45) is 6.90. The third-order valence-corrected chi connectivity index (χ3v) is 3.75. The molecule has 0 aliphatic heterocycles. The molecule has 4 nitrogen and oxygen atoms in total. The number of carbonyl (C=O) groups excluding carboxylic acids is 1. The molecule has 5 heteroatoms. The van der Waals surface area contributed by atoms with Gasteiger partial charge in [-0.05, 0) is 31.0 Å². The van der Waals surface area contributed by atoms with Crippen LogP contribution in [0.2, 0.25) is 5.02 Å². The fraction of sp³-hybridized carbons (Fsp3) is 0.375. The minimum atomic E-state index is -0.320. The van der Waals surface area contributed by atoms with Gasteiger partial charge < -0.3 is 10.6 Å². The van der Waals surface area contributed by atoms with Gasteiger partial charge in [0.15, 0.2) is 0 Å². The van der Waals surface area contributed by atoms with Gasteiger partial charge in [0.2, 0.25) is 0 Å². The van der Waals surface area contributed by atoms with E-state index in [1.807, 2.05) is 12.1 Å². The Morgan fingerprint density at radius 1 is 1.33 bits per heavy atom. The molecule has 2 N–H and O–H groups in total. The molecule has 0 heterocycles. The smallest absolute Gasteiger partial charge is 0.263 e. The minimum Gasteiger partial charge on any atom is -0.360 e. The first-order valence-electron chi connectivity index (χ1n) is 7.12. The van der Waals surface area contributed by atoms with Crippen LogP contribution < -0.4 is 10.6 Å². The monoisotopic (exact) mass is 303 g/mol. The van der Waals surface area contributed by atoms with E-state index >= 15 is 0 Å². The Bertz CT molecular complexity index is 571. The number of benzene rings is 1. The predicted octanol–water partition coefficient (Wildman–Crippen LogP) is 3.61. The molecule has 0 aromatic heterocycles. The highest BCUT2D eigenvalue weighted by Gasteiger charge is 2.17. The first-order chi connectivity index (χ1) is 10.2. The number of anilines is 1. The van der Waals surface area contributed by atoms with Gasteiger partial charge in [-0.3, -0.25) is 4.79 Å². The zero-order valence-corrected chi connectivity index (χ0v) is 12.5. The van der Waals surface area contributed by atoms with Gasteiger partial charge in [0, 0.05) is 23.0 Å². The van der Waals surface area contributed by atoms with Crippen LogP contribution in [0.3, 0.4) is 0 Å². The second-order valence-electron chi connectivity index (χ2n) is 5.13. The van der Waals surface area contributed by atoms with Crippen LogP contribution >= 0.6 is 11.6 Å². The van der Waals surface area contributed by atoms with Gasteiger partial charge in [-0.2, -0.15) is 5.26 Å². The largest absolute Gasteiger partial charge is 0.360 e. The lowest BCUT2D eigenvalue weighted by Crippen LogP contribution is -2.37. The molecule has 1 aromatic rings. The number of amides is 1. The molecule has 1 aliphatic rings. The molecule has 0 bridgehead atoms. The van der Waals surface area contributed by atoms with Crippen LogP contribution in [0.1, 0.15) is 32.1 Å². The Balaban J connectivity index is 1.96. The summed E-state index contributed by atoms with van der Waals surface area (Å²) < 4.78 is 0. The summed E-state index contributed by atoms with van der Waals surface area (Å²) >= 11 is 5.88. The van der Waals surface area contributed by atoms with Crippen LogP contribution in [0.5, 0.6) is 0 Å². The number of nitriles is 1. The topological polar surface area (TPSA) is 64.9 Å². The van der Waals surface area contributed by atoms with E-state index in [0.29, 0.717) is 5.02 Å². The van der Waals surface area contributed by atoms with Crippen molar-refractivity contribution in [2.75, 3.05) is 5.32 Å². The van der Waals surface area contributed by atoms with E-state index in [4.69, 9.17) is 16.9 Å². The van der Waals surface area contributed by atoms with Gasteiger partial charge in [-0.1, -0.05) is 36.9 Å². The average Bonchev–Trinajstić information content (AvgIpc) is 2.49. The van der Waals surface area contributed by atoms with Crippen molar-refractivity contribution in [2.45, 2.75) is 38.1 Å². The Kier molecular flexibility index (Phi) is 5.65. The molecule has 1 aromatic carbocycles. The van der Waals surface area contributed by atoms with E-state index in [1.54, 1.807) is 18.2 Å². The highest BCUT2D eigenvalue weighted by atomic mass is 35.5. The maximum absolute atomic E-state index is 12.1. The lowest BCUT2D eigenvalue weighted by molar-refractivity contribution is -0.118. The van der Waals surface area contributed by atoms with E-state index < -0.39 is 0 Å². The molecular formula is C16H18ClN3O. The third-order valence-electron chi connectivity index (χ3n) is 3.51. The highest BCUT2D eigenvalue weighted by Crippen LogP contribution is 2.18. The second-order valence-corrected chi connectivity index (χ2v) is 5.57. The van der Waals surface area contributed by atoms with Crippen molar-refractivity contribution in [3.8, 4) is 6.07 Å². The summed E-state index contributed by atoms with van der Waals surface area (Å²) in [5.74, 6) is -0.320. The fourth-order valence-corrected chi connectivity index (χ4v) is 2.58. The molecule has 0 unspecified atom stereocenters. The van der Waals surface area contributed by atoms with E-state index in [0.717, 1.165) is 31.4 Å². The number of nitrogens with zero attached hydrogens (tertiary/aromatic N) is 1. The first-order valence-corrected chi connectivity index (χ1v) is 7.50. The zero-order chi connectivity index (χ0) is 15.1. The molecule has 1 aliphatic carbocycles. The Morgan fingerprint density at radius 3 is 2.76 bits per heavy atom. The molecule has 110 valence electrons. The van der Waals surface area contributed by atoms with E-state index in [1.165, 1.54) is 12.6 Å². The van der Waals surface area contributed by atoms with Crippen LogP contribution in [-0.4, -0.2) is 11.9 Å². The molecule has 1 amide bonds. The molecule has 0 atom stereocenters. The summed E-state index contributed by atoms with van der Waals surface area (Å²) in [6, 6.07) is 9.22. The van der Waals surface area contributed by atoms with E-state index in [2.05, 4.69) is 10.6 Å². The summed E-state index contributed by atoms with van der Waals surface area (Å²) in [6.45, 7) is 0. The second kappa shape index (κ2) is 7.70. The molecule has 0 saturated heterocycles.